The predicted octanol–water partition coefficient (Wildman–Crippen LogP) is 2.34. The van der Waals surface area contributed by atoms with Crippen molar-refractivity contribution in [2.45, 2.75) is 6.54 Å². The first-order chi connectivity index (χ1) is 10.3. The van der Waals surface area contributed by atoms with Crippen LogP contribution in [0.3, 0.4) is 0 Å². The lowest BCUT2D eigenvalue weighted by Crippen LogP contribution is -2.31. The van der Waals surface area contributed by atoms with Gasteiger partial charge in [-0.15, -0.1) is 5.10 Å². The van der Waals surface area contributed by atoms with E-state index in [0.717, 1.165) is 28.2 Å². The Balaban J connectivity index is 2.11. The van der Waals surface area contributed by atoms with Crippen LogP contribution in [0.2, 0.25) is 0 Å². The van der Waals surface area contributed by atoms with Gasteiger partial charge in [-0.05, 0) is 11.6 Å². The molecule has 2 N–H and O–H groups in total. The first-order valence-electron chi connectivity index (χ1n) is 6.85. The van der Waals surface area contributed by atoms with Crippen molar-refractivity contribution in [2.24, 2.45) is 12.9 Å². The highest BCUT2D eigenvalue weighted by Gasteiger charge is 2.24. The van der Waals surface area contributed by atoms with Crippen LogP contribution in [0, 0.1) is 0 Å². The van der Waals surface area contributed by atoms with Gasteiger partial charge in [0.25, 0.3) is 0 Å². The number of aromatic nitrogens is 3. The van der Waals surface area contributed by atoms with E-state index in [0.29, 0.717) is 6.54 Å². The normalized spacial score (nSPS) is 13.0. The number of aryl methyl sites for hydroxylation is 1. The molecule has 5 nitrogen and oxygen atoms in total. The molecule has 1 aliphatic heterocycles. The zero-order chi connectivity index (χ0) is 14.4. The minimum Gasteiger partial charge on any atom is -0.306 e. The lowest BCUT2D eigenvalue weighted by atomic mass is 9.96. The summed E-state index contributed by atoms with van der Waals surface area (Å²) in [6, 6.07) is 16.3. The maximum Gasteiger partial charge on any atom is 0.123 e. The standard InChI is InChI=1S/C16H15N5/c1-20-16-12-7-3-2-6-11(12)10-21(17)14-9-5-4-8-13(14)15(16)18-19-20/h2-9H,10,17H2,1H3. The van der Waals surface area contributed by atoms with Crippen molar-refractivity contribution in [3.8, 4) is 22.5 Å². The molecule has 0 saturated carbocycles. The van der Waals surface area contributed by atoms with Gasteiger partial charge >= 0.3 is 0 Å². The molecule has 4 rings (SSSR count). The van der Waals surface area contributed by atoms with Gasteiger partial charge in [0, 0.05) is 18.2 Å². The highest BCUT2D eigenvalue weighted by atomic mass is 15.4. The summed E-state index contributed by atoms with van der Waals surface area (Å²) in [4.78, 5) is 0. The Bertz CT molecular complexity index is 821. The number of anilines is 1. The molecule has 0 unspecified atom stereocenters. The third-order valence-electron chi connectivity index (χ3n) is 3.91. The molecular weight excluding hydrogens is 262 g/mol. The van der Waals surface area contributed by atoms with E-state index in [9.17, 15) is 0 Å². The highest BCUT2D eigenvalue weighted by Crippen LogP contribution is 2.39. The van der Waals surface area contributed by atoms with Gasteiger partial charge in [0.1, 0.15) is 5.69 Å². The van der Waals surface area contributed by atoms with Crippen molar-refractivity contribution >= 4 is 5.69 Å². The summed E-state index contributed by atoms with van der Waals surface area (Å²) in [5.74, 6) is 6.27. The summed E-state index contributed by atoms with van der Waals surface area (Å²) >= 11 is 0. The Morgan fingerprint density at radius 3 is 2.57 bits per heavy atom. The zero-order valence-electron chi connectivity index (χ0n) is 11.7. The number of nitrogens with two attached hydrogens (primary N) is 1. The number of rotatable bonds is 0. The molecule has 0 saturated heterocycles. The second-order valence-corrected chi connectivity index (χ2v) is 5.21. The number of fused-ring (bicyclic) bond motifs is 5. The third kappa shape index (κ3) is 1.75. The summed E-state index contributed by atoms with van der Waals surface area (Å²) in [5, 5.41) is 10.3. The van der Waals surface area contributed by atoms with E-state index >= 15 is 0 Å². The van der Waals surface area contributed by atoms with Crippen molar-refractivity contribution in [1.82, 2.24) is 15.0 Å². The zero-order valence-corrected chi connectivity index (χ0v) is 11.7. The first kappa shape index (κ1) is 12.1. The summed E-state index contributed by atoms with van der Waals surface area (Å²) in [6.45, 7) is 0.651. The van der Waals surface area contributed by atoms with E-state index in [4.69, 9.17) is 5.84 Å². The maximum absolute atomic E-state index is 6.27. The average Bonchev–Trinajstić information content (AvgIpc) is 2.88. The van der Waals surface area contributed by atoms with Crippen LogP contribution in [0.5, 0.6) is 0 Å². The quantitative estimate of drug-likeness (QED) is 0.641. The van der Waals surface area contributed by atoms with E-state index in [1.165, 1.54) is 5.56 Å². The molecule has 21 heavy (non-hydrogen) atoms. The first-order valence-corrected chi connectivity index (χ1v) is 6.85. The monoisotopic (exact) mass is 277 g/mol. The van der Waals surface area contributed by atoms with Gasteiger partial charge in [-0.3, -0.25) is 0 Å². The van der Waals surface area contributed by atoms with Crippen LogP contribution in [0.15, 0.2) is 48.5 Å². The van der Waals surface area contributed by atoms with Gasteiger partial charge in [-0.1, -0.05) is 47.7 Å². The van der Waals surface area contributed by atoms with Crippen molar-refractivity contribution in [3.05, 3.63) is 54.1 Å². The van der Waals surface area contributed by atoms with Gasteiger partial charge in [-0.25, -0.2) is 10.5 Å². The number of para-hydroxylation sites is 1. The van der Waals surface area contributed by atoms with E-state index in [1.807, 2.05) is 48.1 Å². The Labute approximate surface area is 122 Å². The highest BCUT2D eigenvalue weighted by molar-refractivity contribution is 5.87. The molecule has 3 aromatic rings. The summed E-state index contributed by atoms with van der Waals surface area (Å²) in [5.41, 5.74) is 6.18. The Morgan fingerprint density at radius 2 is 1.71 bits per heavy atom. The van der Waals surface area contributed by atoms with Crippen LogP contribution in [-0.2, 0) is 13.6 Å². The summed E-state index contributed by atoms with van der Waals surface area (Å²) in [7, 11) is 1.92. The lowest BCUT2D eigenvalue weighted by Gasteiger charge is -2.25. The number of hydrazine groups is 1. The molecule has 0 bridgehead atoms. The fourth-order valence-electron chi connectivity index (χ4n) is 2.92. The molecule has 2 heterocycles. The SMILES string of the molecule is Cn1nnc2c1-c1ccccc1CN(N)c1ccccc1-2. The Hall–Kier alpha value is -2.66. The Kier molecular flexibility index (Phi) is 2.55. The summed E-state index contributed by atoms with van der Waals surface area (Å²) < 4.78 is 1.83. The minimum atomic E-state index is 0.651. The number of nitrogens with zero attached hydrogens (tertiary/aromatic N) is 4. The van der Waals surface area contributed by atoms with Gasteiger partial charge in [0.2, 0.25) is 0 Å². The smallest absolute Gasteiger partial charge is 0.123 e. The largest absolute Gasteiger partial charge is 0.306 e. The number of hydrogen-bond donors (Lipinski definition) is 1. The third-order valence-corrected chi connectivity index (χ3v) is 3.91. The second-order valence-electron chi connectivity index (χ2n) is 5.21. The molecule has 0 fully saturated rings. The van der Waals surface area contributed by atoms with Crippen molar-refractivity contribution in [1.29, 1.82) is 0 Å². The van der Waals surface area contributed by atoms with Gasteiger partial charge in [0.15, 0.2) is 0 Å². The van der Waals surface area contributed by atoms with Crippen LogP contribution in [-0.4, -0.2) is 15.0 Å². The van der Waals surface area contributed by atoms with Crippen molar-refractivity contribution in [2.75, 3.05) is 5.01 Å². The molecule has 1 aliphatic rings. The fraction of sp³-hybridized carbons (Fsp3) is 0.125. The minimum absolute atomic E-state index is 0.651. The molecular formula is C16H15N5. The fourth-order valence-corrected chi connectivity index (χ4v) is 2.92. The molecule has 104 valence electrons. The maximum atomic E-state index is 6.27. The second kappa shape index (κ2) is 4.43. The number of benzene rings is 2. The van der Waals surface area contributed by atoms with Crippen LogP contribution >= 0.6 is 0 Å². The molecule has 0 aliphatic carbocycles. The van der Waals surface area contributed by atoms with Crippen molar-refractivity contribution < 1.29 is 0 Å². The number of hydrogen-bond acceptors (Lipinski definition) is 4. The van der Waals surface area contributed by atoms with E-state index in [2.05, 4.69) is 22.4 Å². The molecule has 2 aromatic carbocycles. The van der Waals surface area contributed by atoms with Crippen LogP contribution in [0.25, 0.3) is 22.5 Å². The molecule has 1 aromatic heterocycles. The van der Waals surface area contributed by atoms with Crippen LogP contribution in [0.1, 0.15) is 5.56 Å². The summed E-state index contributed by atoms with van der Waals surface area (Å²) in [6.07, 6.45) is 0. The molecule has 5 heteroatoms. The Morgan fingerprint density at radius 1 is 1.00 bits per heavy atom. The van der Waals surface area contributed by atoms with Crippen LogP contribution < -0.4 is 10.9 Å². The molecule has 0 atom stereocenters. The van der Waals surface area contributed by atoms with E-state index in [1.54, 1.807) is 5.01 Å². The predicted molar refractivity (Wildman–Crippen MR) is 82.2 cm³/mol. The topological polar surface area (TPSA) is 60.0 Å². The van der Waals surface area contributed by atoms with Crippen molar-refractivity contribution in [3.63, 3.8) is 0 Å². The lowest BCUT2D eigenvalue weighted by molar-refractivity contribution is 0.720. The van der Waals surface area contributed by atoms with Gasteiger partial charge in [0.05, 0.1) is 17.9 Å². The van der Waals surface area contributed by atoms with E-state index < -0.39 is 0 Å². The average molecular weight is 277 g/mol. The van der Waals surface area contributed by atoms with E-state index in [-0.39, 0.29) is 0 Å². The van der Waals surface area contributed by atoms with Crippen LogP contribution in [0.4, 0.5) is 5.69 Å². The molecule has 0 radical (unpaired) electrons. The van der Waals surface area contributed by atoms with Gasteiger partial charge in [-0.2, -0.15) is 0 Å². The molecule has 0 amide bonds. The molecule has 0 spiro atoms. The van der Waals surface area contributed by atoms with Gasteiger partial charge < -0.3 is 5.01 Å².